The van der Waals surface area contributed by atoms with Gasteiger partial charge >= 0.3 is 5.97 Å². The number of hydrogen-bond donors (Lipinski definition) is 2. The average molecular weight is 286 g/mol. The molecule has 0 spiro atoms. The molecular formula is C12H18N2O4S. The molecule has 106 valence electrons. The molecule has 1 aromatic rings. The van der Waals surface area contributed by atoms with E-state index in [1.165, 1.54) is 7.11 Å². The van der Waals surface area contributed by atoms with Crippen LogP contribution in [0.3, 0.4) is 0 Å². The number of sulfonamides is 1. The van der Waals surface area contributed by atoms with Gasteiger partial charge in [-0.1, -0.05) is 12.1 Å². The van der Waals surface area contributed by atoms with Crippen molar-refractivity contribution in [1.29, 1.82) is 0 Å². The Kier molecular flexibility index (Phi) is 5.78. The molecule has 0 atom stereocenters. The van der Waals surface area contributed by atoms with Crippen molar-refractivity contribution in [2.24, 2.45) is 0 Å². The Morgan fingerprint density at radius 2 is 1.95 bits per heavy atom. The molecule has 0 unspecified atom stereocenters. The highest BCUT2D eigenvalue weighted by atomic mass is 32.2. The lowest BCUT2D eigenvalue weighted by Gasteiger charge is -2.06. The second kappa shape index (κ2) is 7.10. The molecule has 19 heavy (non-hydrogen) atoms. The van der Waals surface area contributed by atoms with Crippen molar-refractivity contribution in [2.45, 2.75) is 12.8 Å². The predicted octanol–water partition coefficient (Wildman–Crippen LogP) is 0.294. The summed E-state index contributed by atoms with van der Waals surface area (Å²) in [6.07, 6.45) is 0.422. The van der Waals surface area contributed by atoms with Crippen LogP contribution < -0.4 is 10.5 Å². The van der Waals surface area contributed by atoms with E-state index >= 15 is 0 Å². The molecule has 1 aromatic carbocycles. The van der Waals surface area contributed by atoms with Crippen LogP contribution in [0.25, 0.3) is 0 Å². The topological polar surface area (TPSA) is 98.5 Å². The number of nitrogens with two attached hydrogens (primary N) is 1. The van der Waals surface area contributed by atoms with E-state index in [1.54, 1.807) is 12.1 Å². The van der Waals surface area contributed by atoms with Crippen LogP contribution in [-0.2, 0) is 26.0 Å². The monoisotopic (exact) mass is 286 g/mol. The van der Waals surface area contributed by atoms with Gasteiger partial charge in [-0.05, 0) is 24.1 Å². The van der Waals surface area contributed by atoms with Gasteiger partial charge in [-0.15, -0.1) is 0 Å². The zero-order chi connectivity index (χ0) is 14.3. The SMILES string of the molecule is COC(=O)CCS(=O)(=O)NCCc1ccc(N)cc1. The number of esters is 1. The number of rotatable bonds is 7. The number of carbonyl (C=O) groups excluding carboxylic acids is 1. The van der Waals surface area contributed by atoms with E-state index in [2.05, 4.69) is 9.46 Å². The van der Waals surface area contributed by atoms with Gasteiger partial charge in [0.25, 0.3) is 0 Å². The fourth-order valence-electron chi connectivity index (χ4n) is 1.43. The van der Waals surface area contributed by atoms with Gasteiger partial charge in [0.1, 0.15) is 0 Å². The van der Waals surface area contributed by atoms with Gasteiger partial charge in [-0.2, -0.15) is 0 Å². The van der Waals surface area contributed by atoms with E-state index < -0.39 is 16.0 Å². The van der Waals surface area contributed by atoms with Crippen LogP contribution in [0.4, 0.5) is 5.69 Å². The molecule has 6 nitrogen and oxygen atoms in total. The fraction of sp³-hybridized carbons (Fsp3) is 0.417. The molecule has 0 aliphatic rings. The van der Waals surface area contributed by atoms with Crippen molar-refractivity contribution in [1.82, 2.24) is 4.72 Å². The summed E-state index contributed by atoms with van der Waals surface area (Å²) in [5.74, 6) is -0.801. The minimum atomic E-state index is -3.44. The largest absolute Gasteiger partial charge is 0.469 e. The lowest BCUT2D eigenvalue weighted by Crippen LogP contribution is -2.29. The van der Waals surface area contributed by atoms with E-state index in [4.69, 9.17) is 5.73 Å². The Hall–Kier alpha value is -1.60. The number of anilines is 1. The Morgan fingerprint density at radius 1 is 1.32 bits per heavy atom. The van der Waals surface area contributed by atoms with Crippen LogP contribution in [-0.4, -0.2) is 33.8 Å². The van der Waals surface area contributed by atoms with Gasteiger partial charge in [0, 0.05) is 12.2 Å². The summed E-state index contributed by atoms with van der Waals surface area (Å²) >= 11 is 0. The Balaban J connectivity index is 2.35. The standard InChI is InChI=1S/C12H18N2O4S/c1-18-12(15)7-9-19(16,17)14-8-6-10-2-4-11(13)5-3-10/h2-5,14H,6-9,13H2,1H3. The molecule has 0 saturated carbocycles. The molecule has 0 radical (unpaired) electrons. The molecule has 1 rings (SSSR count). The Labute approximate surface area is 113 Å². The maximum atomic E-state index is 11.6. The molecule has 0 aromatic heterocycles. The van der Waals surface area contributed by atoms with Crippen molar-refractivity contribution in [2.75, 3.05) is 25.1 Å². The smallest absolute Gasteiger partial charge is 0.306 e. The summed E-state index contributed by atoms with van der Waals surface area (Å²) in [5, 5.41) is 0. The van der Waals surface area contributed by atoms with Crippen LogP contribution in [0, 0.1) is 0 Å². The van der Waals surface area contributed by atoms with Crippen molar-refractivity contribution in [3.05, 3.63) is 29.8 Å². The second-order valence-electron chi connectivity index (χ2n) is 4.03. The lowest BCUT2D eigenvalue weighted by molar-refractivity contribution is -0.140. The molecule has 0 amide bonds. The molecule has 7 heteroatoms. The van der Waals surface area contributed by atoms with Crippen molar-refractivity contribution in [3.8, 4) is 0 Å². The first-order valence-corrected chi connectivity index (χ1v) is 7.47. The molecule has 0 bridgehead atoms. The van der Waals surface area contributed by atoms with E-state index in [9.17, 15) is 13.2 Å². The highest BCUT2D eigenvalue weighted by Crippen LogP contribution is 2.05. The predicted molar refractivity (Wildman–Crippen MR) is 73.0 cm³/mol. The van der Waals surface area contributed by atoms with Crippen LogP contribution in [0.5, 0.6) is 0 Å². The zero-order valence-corrected chi connectivity index (χ0v) is 11.6. The summed E-state index contributed by atoms with van der Waals surface area (Å²) in [6.45, 7) is 0.285. The number of nitrogens with one attached hydrogen (secondary N) is 1. The summed E-state index contributed by atoms with van der Waals surface area (Å²) in [4.78, 5) is 10.9. The van der Waals surface area contributed by atoms with Gasteiger partial charge in [0.15, 0.2) is 0 Å². The van der Waals surface area contributed by atoms with Crippen LogP contribution in [0.15, 0.2) is 24.3 Å². The molecule has 3 N–H and O–H groups in total. The normalized spacial score (nSPS) is 11.2. The highest BCUT2D eigenvalue weighted by Gasteiger charge is 2.12. The van der Waals surface area contributed by atoms with Crippen molar-refractivity contribution < 1.29 is 17.9 Å². The number of carbonyl (C=O) groups is 1. The maximum absolute atomic E-state index is 11.6. The second-order valence-corrected chi connectivity index (χ2v) is 5.96. The van der Waals surface area contributed by atoms with Gasteiger partial charge in [0.05, 0.1) is 19.3 Å². The summed E-state index contributed by atoms with van der Waals surface area (Å²) in [7, 11) is -2.21. The van der Waals surface area contributed by atoms with Crippen LogP contribution >= 0.6 is 0 Å². The first-order valence-electron chi connectivity index (χ1n) is 5.81. The first-order chi connectivity index (χ1) is 8.93. The number of benzene rings is 1. The number of methoxy groups -OCH3 is 1. The fourth-order valence-corrected chi connectivity index (χ4v) is 2.42. The Bertz CT molecular complexity index is 511. The minimum absolute atomic E-state index is 0.145. The van der Waals surface area contributed by atoms with Crippen molar-refractivity contribution in [3.63, 3.8) is 0 Å². The minimum Gasteiger partial charge on any atom is -0.469 e. The quantitative estimate of drug-likeness (QED) is 0.554. The van der Waals surface area contributed by atoms with E-state index in [1.807, 2.05) is 12.1 Å². The first kappa shape index (κ1) is 15.5. The van der Waals surface area contributed by atoms with E-state index in [0.29, 0.717) is 12.1 Å². The summed E-state index contributed by atoms with van der Waals surface area (Å²) in [5.41, 5.74) is 7.21. The molecule has 0 aliphatic heterocycles. The van der Waals surface area contributed by atoms with E-state index in [-0.39, 0.29) is 18.7 Å². The number of nitrogen functional groups attached to an aromatic ring is 1. The lowest BCUT2D eigenvalue weighted by atomic mass is 10.1. The van der Waals surface area contributed by atoms with Crippen molar-refractivity contribution >= 4 is 21.7 Å². The Morgan fingerprint density at radius 3 is 2.53 bits per heavy atom. The van der Waals surface area contributed by atoms with Gasteiger partial charge in [-0.25, -0.2) is 13.1 Å². The average Bonchev–Trinajstić information content (AvgIpc) is 2.38. The molecule has 0 heterocycles. The van der Waals surface area contributed by atoms with Gasteiger partial charge in [0.2, 0.25) is 10.0 Å². The highest BCUT2D eigenvalue weighted by molar-refractivity contribution is 7.89. The third-order valence-corrected chi connectivity index (χ3v) is 3.90. The summed E-state index contributed by atoms with van der Waals surface area (Å²) < 4.78 is 29.9. The third-order valence-electron chi connectivity index (χ3n) is 2.52. The molecular weight excluding hydrogens is 268 g/mol. The zero-order valence-electron chi connectivity index (χ0n) is 10.8. The summed E-state index contributed by atoms with van der Waals surface area (Å²) in [6, 6.07) is 7.22. The van der Waals surface area contributed by atoms with Crippen LogP contribution in [0.2, 0.25) is 0 Å². The maximum Gasteiger partial charge on any atom is 0.306 e. The van der Waals surface area contributed by atoms with Gasteiger partial charge in [-0.3, -0.25) is 4.79 Å². The molecule has 0 saturated heterocycles. The van der Waals surface area contributed by atoms with Gasteiger partial charge < -0.3 is 10.5 Å². The van der Waals surface area contributed by atoms with Crippen LogP contribution in [0.1, 0.15) is 12.0 Å². The number of hydrogen-bond acceptors (Lipinski definition) is 5. The van der Waals surface area contributed by atoms with E-state index in [0.717, 1.165) is 5.56 Å². The number of ether oxygens (including phenoxy) is 1. The molecule has 0 aliphatic carbocycles. The molecule has 0 fully saturated rings. The third kappa shape index (κ3) is 6.21.